The lowest BCUT2D eigenvalue weighted by molar-refractivity contribution is 0.257. The maximum Gasteiger partial charge on any atom is 0.243 e. The molecule has 1 radical (unpaired) electrons. The number of hydrogen-bond donors (Lipinski definition) is 0. The zero-order valence-corrected chi connectivity index (χ0v) is 16.4. The first-order chi connectivity index (χ1) is 13.1. The van der Waals surface area contributed by atoms with Crippen molar-refractivity contribution in [1.29, 1.82) is 0 Å². The average molecular weight is 385 g/mol. The van der Waals surface area contributed by atoms with Gasteiger partial charge in [0.1, 0.15) is 0 Å². The number of benzene rings is 1. The number of likely N-dealkylation sites (tertiary alicyclic amines) is 1. The second-order valence-corrected chi connectivity index (χ2v) is 9.35. The number of hydrogen-bond acceptors (Lipinski definition) is 4. The van der Waals surface area contributed by atoms with E-state index < -0.39 is 10.0 Å². The highest BCUT2D eigenvalue weighted by Gasteiger charge is 2.37. The minimum Gasteiger partial charge on any atom is -0.302 e. The molecule has 5 nitrogen and oxygen atoms in total. The molecule has 0 spiro atoms. The molecule has 3 heterocycles. The predicted octanol–water partition coefficient (Wildman–Crippen LogP) is 2.72. The summed E-state index contributed by atoms with van der Waals surface area (Å²) in [7, 11) is -3.51. The van der Waals surface area contributed by atoms with E-state index in [2.05, 4.69) is 16.0 Å². The smallest absolute Gasteiger partial charge is 0.243 e. The van der Waals surface area contributed by atoms with Crippen LogP contribution in [0.2, 0.25) is 0 Å². The summed E-state index contributed by atoms with van der Waals surface area (Å²) in [6.07, 6.45) is 8.40. The van der Waals surface area contributed by atoms with E-state index in [0.29, 0.717) is 17.9 Å². The molecule has 143 valence electrons. The van der Waals surface area contributed by atoms with Gasteiger partial charge in [0.15, 0.2) is 0 Å². The van der Waals surface area contributed by atoms with E-state index >= 15 is 0 Å². The van der Waals surface area contributed by atoms with Gasteiger partial charge in [-0.3, -0.25) is 4.98 Å². The first-order valence-corrected chi connectivity index (χ1v) is 11.2. The van der Waals surface area contributed by atoms with E-state index in [4.69, 9.17) is 0 Å². The van der Waals surface area contributed by atoms with Gasteiger partial charge in [-0.2, -0.15) is 4.31 Å². The molecular weight excluding hydrogens is 358 g/mol. The van der Waals surface area contributed by atoms with E-state index in [-0.39, 0.29) is 6.04 Å². The summed E-state index contributed by atoms with van der Waals surface area (Å²) in [4.78, 5) is 6.97. The predicted molar refractivity (Wildman–Crippen MR) is 105 cm³/mol. The molecule has 0 amide bonds. The molecule has 0 N–H and O–H groups in total. The highest BCUT2D eigenvalue weighted by molar-refractivity contribution is 7.89. The number of aromatic nitrogens is 1. The molecule has 1 atom stereocenters. The molecule has 0 saturated carbocycles. The molecule has 0 aliphatic carbocycles. The Morgan fingerprint density at radius 2 is 2.00 bits per heavy atom. The van der Waals surface area contributed by atoms with Crippen LogP contribution in [0.25, 0.3) is 0 Å². The Morgan fingerprint density at radius 3 is 2.78 bits per heavy atom. The topological polar surface area (TPSA) is 53.5 Å². The maximum absolute atomic E-state index is 13.5. The molecule has 2 aliphatic rings. The van der Waals surface area contributed by atoms with Crippen LogP contribution in [-0.2, 0) is 16.4 Å². The highest BCUT2D eigenvalue weighted by Crippen LogP contribution is 2.29. The fourth-order valence-corrected chi connectivity index (χ4v) is 6.15. The fourth-order valence-electron chi connectivity index (χ4n) is 4.26. The monoisotopic (exact) mass is 384 g/mol. The van der Waals surface area contributed by atoms with Crippen LogP contribution in [0, 0.1) is 6.07 Å². The van der Waals surface area contributed by atoms with Gasteiger partial charge >= 0.3 is 0 Å². The molecule has 1 aromatic heterocycles. The first-order valence-electron chi connectivity index (χ1n) is 9.77. The Hall–Kier alpha value is -1.76. The van der Waals surface area contributed by atoms with Gasteiger partial charge in [-0.25, -0.2) is 8.42 Å². The molecule has 2 aliphatic heterocycles. The van der Waals surface area contributed by atoms with Crippen LogP contribution in [0.3, 0.4) is 0 Å². The summed E-state index contributed by atoms with van der Waals surface area (Å²) in [5.41, 5.74) is 1.79. The summed E-state index contributed by atoms with van der Waals surface area (Å²) in [5, 5.41) is 0. The SMILES string of the molecule is O=S(=O)(c1cc[c]cc1Cc1cccnc1)N1CCC[C@H]1CN1CCCC1. The van der Waals surface area contributed by atoms with Crippen molar-refractivity contribution < 1.29 is 8.42 Å². The quantitative estimate of drug-likeness (QED) is 0.768. The van der Waals surface area contributed by atoms with Crippen molar-refractivity contribution in [1.82, 2.24) is 14.2 Å². The van der Waals surface area contributed by atoms with Gasteiger partial charge in [0.25, 0.3) is 0 Å². The third-order valence-corrected chi connectivity index (χ3v) is 7.65. The molecule has 27 heavy (non-hydrogen) atoms. The van der Waals surface area contributed by atoms with Crippen molar-refractivity contribution in [2.24, 2.45) is 0 Å². The van der Waals surface area contributed by atoms with Crippen LogP contribution < -0.4 is 0 Å². The number of pyridine rings is 1. The van der Waals surface area contributed by atoms with E-state index in [0.717, 1.165) is 43.6 Å². The third kappa shape index (κ3) is 4.08. The maximum atomic E-state index is 13.5. The van der Waals surface area contributed by atoms with Crippen LogP contribution in [0.15, 0.2) is 47.6 Å². The Bertz CT molecular complexity index is 864. The zero-order valence-electron chi connectivity index (χ0n) is 15.5. The highest BCUT2D eigenvalue weighted by atomic mass is 32.2. The van der Waals surface area contributed by atoms with E-state index in [1.54, 1.807) is 34.9 Å². The summed E-state index contributed by atoms with van der Waals surface area (Å²) >= 11 is 0. The number of rotatable bonds is 6. The second-order valence-electron chi connectivity index (χ2n) is 7.49. The molecular formula is C21H26N3O2S. The van der Waals surface area contributed by atoms with Crippen molar-refractivity contribution in [3.63, 3.8) is 0 Å². The van der Waals surface area contributed by atoms with Gasteiger partial charge in [0.2, 0.25) is 10.0 Å². The molecule has 6 heteroatoms. The Labute approximate surface area is 162 Å². The van der Waals surface area contributed by atoms with Gasteiger partial charge < -0.3 is 4.90 Å². The first kappa shape index (κ1) is 18.6. The van der Waals surface area contributed by atoms with Gasteiger partial charge in [0, 0.05) is 37.9 Å². The third-order valence-electron chi connectivity index (χ3n) is 5.60. The lowest BCUT2D eigenvalue weighted by Crippen LogP contribution is -2.42. The summed E-state index contributed by atoms with van der Waals surface area (Å²) in [6, 6.07) is 12.2. The van der Waals surface area contributed by atoms with Crippen molar-refractivity contribution in [2.75, 3.05) is 26.2 Å². The van der Waals surface area contributed by atoms with Gasteiger partial charge in [-0.05, 0) is 74.2 Å². The van der Waals surface area contributed by atoms with Crippen LogP contribution >= 0.6 is 0 Å². The van der Waals surface area contributed by atoms with E-state index in [1.165, 1.54) is 12.8 Å². The summed E-state index contributed by atoms with van der Waals surface area (Å²) in [6.45, 7) is 3.66. The average Bonchev–Trinajstić information content (AvgIpc) is 3.36. The van der Waals surface area contributed by atoms with Crippen LogP contribution in [-0.4, -0.2) is 54.8 Å². The van der Waals surface area contributed by atoms with E-state index in [1.807, 2.05) is 12.1 Å². The minimum atomic E-state index is -3.51. The van der Waals surface area contributed by atoms with Gasteiger partial charge in [0.05, 0.1) is 4.90 Å². The largest absolute Gasteiger partial charge is 0.302 e. The molecule has 0 bridgehead atoms. The summed E-state index contributed by atoms with van der Waals surface area (Å²) in [5.74, 6) is 0. The van der Waals surface area contributed by atoms with Crippen LogP contribution in [0.4, 0.5) is 0 Å². The van der Waals surface area contributed by atoms with Crippen molar-refractivity contribution in [2.45, 2.75) is 43.0 Å². The van der Waals surface area contributed by atoms with Gasteiger partial charge in [-0.1, -0.05) is 12.1 Å². The Morgan fingerprint density at radius 1 is 1.15 bits per heavy atom. The lowest BCUT2D eigenvalue weighted by Gasteiger charge is -2.28. The molecule has 2 fully saturated rings. The van der Waals surface area contributed by atoms with Crippen LogP contribution in [0.1, 0.15) is 36.8 Å². The summed E-state index contributed by atoms with van der Waals surface area (Å²) < 4.78 is 28.8. The minimum absolute atomic E-state index is 0.0866. The molecule has 2 saturated heterocycles. The van der Waals surface area contributed by atoms with Crippen LogP contribution in [0.5, 0.6) is 0 Å². The Kier molecular flexibility index (Phi) is 5.57. The van der Waals surface area contributed by atoms with Gasteiger partial charge in [-0.15, -0.1) is 0 Å². The normalized spacial score (nSPS) is 21.7. The van der Waals surface area contributed by atoms with Crippen molar-refractivity contribution in [3.05, 3.63) is 59.9 Å². The standard InChI is InChI=1S/C21H26N3O2S/c25-27(26,24-14-6-9-20(24)17-23-12-3-4-13-23)21-10-2-1-8-19(21)15-18-7-5-11-22-16-18/h2,5,7-8,10-11,16,20H,3-4,6,9,12-15,17H2/t20-/m0/s1. The molecule has 0 unspecified atom stereocenters. The number of nitrogens with zero attached hydrogens (tertiary/aromatic N) is 3. The zero-order chi connectivity index (χ0) is 18.7. The molecule has 2 aromatic rings. The second kappa shape index (κ2) is 8.09. The lowest BCUT2D eigenvalue weighted by atomic mass is 10.1. The Balaban J connectivity index is 1.59. The van der Waals surface area contributed by atoms with E-state index in [9.17, 15) is 8.42 Å². The fraction of sp³-hybridized carbons (Fsp3) is 0.476. The molecule has 1 aromatic carbocycles. The van der Waals surface area contributed by atoms with Crippen molar-refractivity contribution >= 4 is 10.0 Å². The number of sulfonamides is 1. The van der Waals surface area contributed by atoms with Crippen molar-refractivity contribution in [3.8, 4) is 0 Å². The molecule has 4 rings (SSSR count).